The average Bonchev–Trinajstić information content (AvgIpc) is 2.58. The number of rotatable bonds is 8. The highest BCUT2D eigenvalue weighted by molar-refractivity contribution is 5.90. The third kappa shape index (κ3) is 6.01. The van der Waals surface area contributed by atoms with Crippen LogP contribution in [0.15, 0.2) is 24.3 Å². The van der Waals surface area contributed by atoms with E-state index in [1.807, 2.05) is 6.07 Å². The second-order valence-electron chi connectivity index (χ2n) is 4.66. The highest BCUT2D eigenvalue weighted by atomic mass is 16.5. The Hall–Kier alpha value is -3.01. The molecule has 7 heteroatoms. The van der Waals surface area contributed by atoms with Crippen LogP contribution >= 0.6 is 0 Å². The van der Waals surface area contributed by atoms with Gasteiger partial charge in [-0.2, -0.15) is 5.26 Å². The molecule has 0 heterocycles. The molecule has 0 radical (unpaired) electrons. The zero-order valence-electron chi connectivity index (χ0n) is 13.9. The molecule has 0 unspecified atom stereocenters. The van der Waals surface area contributed by atoms with Crippen LogP contribution in [0.25, 0.3) is 6.08 Å². The van der Waals surface area contributed by atoms with E-state index in [2.05, 4.69) is 5.32 Å². The molecule has 1 amide bonds. The van der Waals surface area contributed by atoms with Gasteiger partial charge in [-0.25, -0.2) is 4.79 Å². The number of nitrogens with zero attached hydrogens (tertiary/aromatic N) is 1. The van der Waals surface area contributed by atoms with Crippen LogP contribution in [0.4, 0.5) is 0 Å². The van der Waals surface area contributed by atoms with Crippen LogP contribution in [0.5, 0.6) is 11.5 Å². The van der Waals surface area contributed by atoms with Crippen molar-refractivity contribution in [3.8, 4) is 17.6 Å². The molecule has 0 bridgehead atoms. The minimum atomic E-state index is -0.863. The van der Waals surface area contributed by atoms with Gasteiger partial charge in [0.2, 0.25) is 0 Å². The van der Waals surface area contributed by atoms with Gasteiger partial charge in [0.25, 0.3) is 5.91 Å². The molecule has 1 atom stereocenters. The summed E-state index contributed by atoms with van der Waals surface area (Å²) in [6.07, 6.45) is 1.89. The number of ether oxygens (including phenoxy) is 3. The number of benzene rings is 1. The number of methoxy groups -OCH3 is 1. The molecule has 0 saturated heterocycles. The summed E-state index contributed by atoms with van der Waals surface area (Å²) < 4.78 is 15.4. The predicted molar refractivity (Wildman–Crippen MR) is 87.4 cm³/mol. The van der Waals surface area contributed by atoms with Gasteiger partial charge in [-0.3, -0.25) is 4.79 Å². The van der Waals surface area contributed by atoms with Crippen LogP contribution in [-0.4, -0.2) is 38.2 Å². The second kappa shape index (κ2) is 9.90. The van der Waals surface area contributed by atoms with E-state index in [1.54, 1.807) is 25.1 Å². The van der Waals surface area contributed by atoms with E-state index in [4.69, 9.17) is 19.5 Å². The van der Waals surface area contributed by atoms with E-state index >= 15 is 0 Å². The Bertz CT molecular complexity index is 649. The largest absolute Gasteiger partial charge is 0.493 e. The molecule has 1 N–H and O–H groups in total. The van der Waals surface area contributed by atoms with Gasteiger partial charge in [0.1, 0.15) is 6.07 Å². The minimum absolute atomic E-state index is 0.0877. The first-order chi connectivity index (χ1) is 11.5. The summed E-state index contributed by atoms with van der Waals surface area (Å²) in [7, 11) is 1.48. The monoisotopic (exact) mass is 332 g/mol. The van der Waals surface area contributed by atoms with Gasteiger partial charge in [-0.05, 0) is 37.6 Å². The first-order valence-corrected chi connectivity index (χ1v) is 7.36. The lowest BCUT2D eigenvalue weighted by Crippen LogP contribution is -2.35. The fraction of sp³-hybridized carbons (Fsp3) is 0.353. The van der Waals surface area contributed by atoms with E-state index < -0.39 is 12.1 Å². The summed E-state index contributed by atoms with van der Waals surface area (Å²) in [6, 6.07) is 6.87. The van der Waals surface area contributed by atoms with Crippen molar-refractivity contribution in [2.75, 3.05) is 20.3 Å². The number of hydrogen-bond acceptors (Lipinski definition) is 6. The Kier molecular flexibility index (Phi) is 7.85. The molecule has 7 nitrogen and oxygen atoms in total. The molecule has 0 spiro atoms. The van der Waals surface area contributed by atoms with Crippen molar-refractivity contribution >= 4 is 18.0 Å². The van der Waals surface area contributed by atoms with Crippen molar-refractivity contribution in [2.24, 2.45) is 0 Å². The standard InChI is InChI=1S/C17H20N2O5/c1-4-19-17(21)12(2)24-16(20)8-6-13-5-7-14(23-10-9-18)15(11-13)22-3/h5-8,11-12H,4,10H2,1-3H3,(H,19,21)/b8-6+/t12-/m1/s1. The highest BCUT2D eigenvalue weighted by Gasteiger charge is 2.15. The maximum Gasteiger partial charge on any atom is 0.331 e. The van der Waals surface area contributed by atoms with Crippen LogP contribution in [0.1, 0.15) is 19.4 Å². The van der Waals surface area contributed by atoms with Crippen LogP contribution in [0, 0.1) is 11.3 Å². The molecule has 0 aliphatic carbocycles. The fourth-order valence-corrected chi connectivity index (χ4v) is 1.77. The first-order valence-electron chi connectivity index (χ1n) is 7.36. The molecule has 0 fully saturated rings. The van der Waals surface area contributed by atoms with E-state index in [-0.39, 0.29) is 12.5 Å². The number of esters is 1. The van der Waals surface area contributed by atoms with Gasteiger partial charge in [0.05, 0.1) is 7.11 Å². The van der Waals surface area contributed by atoms with Crippen LogP contribution < -0.4 is 14.8 Å². The molecule has 0 aliphatic rings. The first kappa shape index (κ1) is 19.0. The van der Waals surface area contributed by atoms with Crippen molar-refractivity contribution in [1.29, 1.82) is 5.26 Å². The normalized spacial score (nSPS) is 11.4. The number of hydrogen-bond donors (Lipinski definition) is 1. The number of amides is 1. The zero-order valence-corrected chi connectivity index (χ0v) is 13.9. The molecule has 0 aromatic heterocycles. The summed E-state index contributed by atoms with van der Waals surface area (Å²) >= 11 is 0. The number of carbonyl (C=O) groups excluding carboxylic acids is 2. The molecular formula is C17H20N2O5. The van der Waals surface area contributed by atoms with Gasteiger partial charge in [0, 0.05) is 12.6 Å². The van der Waals surface area contributed by atoms with E-state index in [0.717, 1.165) is 0 Å². The van der Waals surface area contributed by atoms with Crippen molar-refractivity contribution < 1.29 is 23.8 Å². The molecule has 1 aromatic carbocycles. The lowest BCUT2D eigenvalue weighted by molar-refractivity contribution is -0.150. The summed E-state index contributed by atoms with van der Waals surface area (Å²) in [6.45, 7) is 3.66. The molecule has 128 valence electrons. The maximum absolute atomic E-state index is 11.7. The lowest BCUT2D eigenvalue weighted by atomic mass is 10.2. The molecule has 1 rings (SSSR count). The number of likely N-dealkylation sites (N-methyl/N-ethyl adjacent to an activating group) is 1. The molecule has 0 saturated carbocycles. The van der Waals surface area contributed by atoms with Crippen LogP contribution in [0.2, 0.25) is 0 Å². The summed E-state index contributed by atoms with van der Waals surface area (Å²) in [4.78, 5) is 23.2. The zero-order chi connectivity index (χ0) is 17.9. The molecule has 0 aliphatic heterocycles. The van der Waals surface area contributed by atoms with Gasteiger partial charge in [-0.15, -0.1) is 0 Å². The van der Waals surface area contributed by atoms with Gasteiger partial charge in [0.15, 0.2) is 24.2 Å². The quantitative estimate of drug-likeness (QED) is 0.574. The van der Waals surface area contributed by atoms with Crippen molar-refractivity contribution in [2.45, 2.75) is 20.0 Å². The lowest BCUT2D eigenvalue weighted by Gasteiger charge is -2.11. The minimum Gasteiger partial charge on any atom is -0.493 e. The molecule has 24 heavy (non-hydrogen) atoms. The molecular weight excluding hydrogens is 312 g/mol. The Balaban J connectivity index is 2.71. The third-order valence-electron chi connectivity index (χ3n) is 2.90. The van der Waals surface area contributed by atoms with Crippen LogP contribution in [-0.2, 0) is 14.3 Å². The third-order valence-corrected chi connectivity index (χ3v) is 2.90. The van der Waals surface area contributed by atoms with Crippen LogP contribution in [0.3, 0.4) is 0 Å². The Morgan fingerprint density at radius 3 is 2.75 bits per heavy atom. The Labute approximate surface area is 140 Å². The van der Waals surface area contributed by atoms with Crippen molar-refractivity contribution in [3.63, 3.8) is 0 Å². The van der Waals surface area contributed by atoms with E-state index in [1.165, 1.54) is 26.2 Å². The van der Waals surface area contributed by atoms with Gasteiger partial charge < -0.3 is 19.5 Å². The number of nitrogens with one attached hydrogen (secondary N) is 1. The predicted octanol–water partition coefficient (Wildman–Crippen LogP) is 1.68. The summed E-state index contributed by atoms with van der Waals surface area (Å²) in [5, 5.41) is 11.1. The van der Waals surface area contributed by atoms with Gasteiger partial charge >= 0.3 is 5.97 Å². The molecule has 1 aromatic rings. The van der Waals surface area contributed by atoms with Crippen molar-refractivity contribution in [1.82, 2.24) is 5.32 Å². The van der Waals surface area contributed by atoms with E-state index in [9.17, 15) is 9.59 Å². The Morgan fingerprint density at radius 2 is 2.12 bits per heavy atom. The second-order valence-corrected chi connectivity index (χ2v) is 4.66. The van der Waals surface area contributed by atoms with E-state index in [0.29, 0.717) is 23.6 Å². The summed E-state index contributed by atoms with van der Waals surface area (Å²) in [5.74, 6) is -0.0995. The number of carbonyl (C=O) groups is 2. The summed E-state index contributed by atoms with van der Waals surface area (Å²) in [5.41, 5.74) is 0.679. The SMILES string of the molecule is CCNC(=O)[C@@H](C)OC(=O)/C=C/c1ccc(OCC#N)c(OC)c1. The maximum atomic E-state index is 11.7. The highest BCUT2D eigenvalue weighted by Crippen LogP contribution is 2.28. The van der Waals surface area contributed by atoms with Gasteiger partial charge in [-0.1, -0.05) is 6.07 Å². The Morgan fingerprint density at radius 1 is 1.38 bits per heavy atom. The topological polar surface area (TPSA) is 97.6 Å². The van der Waals surface area contributed by atoms with Crippen molar-refractivity contribution in [3.05, 3.63) is 29.8 Å². The fourth-order valence-electron chi connectivity index (χ4n) is 1.77. The smallest absolute Gasteiger partial charge is 0.331 e. The average molecular weight is 332 g/mol. The number of nitriles is 1.